The molecule has 0 aromatic heterocycles. The van der Waals surface area contributed by atoms with Crippen LogP contribution in [0.4, 0.5) is 0 Å². The van der Waals surface area contributed by atoms with Gasteiger partial charge in [-0.25, -0.2) is 0 Å². The maximum atomic E-state index is 12.3. The molecule has 1 N–H and O–H groups in total. The molecule has 1 aliphatic rings. The van der Waals surface area contributed by atoms with Gasteiger partial charge in [-0.1, -0.05) is 53.8 Å². The lowest BCUT2D eigenvalue weighted by Gasteiger charge is -2.13. The van der Waals surface area contributed by atoms with Crippen molar-refractivity contribution in [3.05, 3.63) is 40.3 Å². The molecule has 0 saturated carbocycles. The number of unbranched alkanes of at least 4 members (excludes halogenated alkanes) is 1. The predicted octanol–water partition coefficient (Wildman–Crippen LogP) is 3.45. The van der Waals surface area contributed by atoms with E-state index >= 15 is 0 Å². The Kier molecular flexibility index (Phi) is 5.74. The van der Waals surface area contributed by atoms with Crippen LogP contribution in [0.15, 0.2) is 29.2 Å². The minimum atomic E-state index is -0.815. The Morgan fingerprint density at radius 2 is 2.00 bits per heavy atom. The lowest BCUT2D eigenvalue weighted by Crippen LogP contribution is -2.29. The van der Waals surface area contributed by atoms with Crippen LogP contribution in [0.5, 0.6) is 0 Å². The van der Waals surface area contributed by atoms with Crippen LogP contribution in [0.25, 0.3) is 6.08 Å². The molecule has 0 aliphatic carbocycles. The molecule has 0 atom stereocenters. The second-order valence-electron chi connectivity index (χ2n) is 5.09. The standard InChI is InChI=1S/C16H17NO3S2/c1-11-5-7-12(8-6-11)10-13-15(20)17(16(21)22-13)9-3-2-4-14(18)19/h5-8,10H,2-4,9H2,1H3,(H,18,19)/b13-10-. The Balaban J connectivity index is 1.99. The molecule has 4 nitrogen and oxygen atoms in total. The number of benzene rings is 1. The van der Waals surface area contributed by atoms with Crippen LogP contribution < -0.4 is 0 Å². The van der Waals surface area contributed by atoms with Crippen molar-refractivity contribution in [1.82, 2.24) is 4.90 Å². The molecule has 1 saturated heterocycles. The van der Waals surface area contributed by atoms with Gasteiger partial charge in [-0.3, -0.25) is 14.5 Å². The Morgan fingerprint density at radius 3 is 2.64 bits per heavy atom. The average Bonchev–Trinajstić information content (AvgIpc) is 2.72. The Hall–Kier alpha value is -1.66. The van der Waals surface area contributed by atoms with Gasteiger partial charge in [0.1, 0.15) is 4.32 Å². The molecule has 1 aromatic carbocycles. The molecular weight excluding hydrogens is 318 g/mol. The summed E-state index contributed by atoms with van der Waals surface area (Å²) in [5, 5.41) is 8.62. The highest BCUT2D eigenvalue weighted by Crippen LogP contribution is 2.32. The Bertz CT molecular complexity index is 623. The smallest absolute Gasteiger partial charge is 0.303 e. The van der Waals surface area contributed by atoms with Crippen LogP contribution in [0.2, 0.25) is 0 Å². The summed E-state index contributed by atoms with van der Waals surface area (Å²) < 4.78 is 0.540. The molecule has 22 heavy (non-hydrogen) atoms. The third-order valence-corrected chi connectivity index (χ3v) is 4.65. The normalized spacial score (nSPS) is 16.6. The average molecular weight is 335 g/mol. The molecule has 6 heteroatoms. The third kappa shape index (κ3) is 4.42. The predicted molar refractivity (Wildman–Crippen MR) is 92.5 cm³/mol. The van der Waals surface area contributed by atoms with Crippen molar-refractivity contribution in [2.75, 3.05) is 6.54 Å². The monoisotopic (exact) mass is 335 g/mol. The number of carboxylic acids is 1. The van der Waals surface area contributed by atoms with Gasteiger partial charge >= 0.3 is 5.97 Å². The van der Waals surface area contributed by atoms with E-state index in [1.807, 2.05) is 37.3 Å². The number of hydrogen-bond donors (Lipinski definition) is 1. The van der Waals surface area contributed by atoms with Gasteiger partial charge in [0.2, 0.25) is 0 Å². The first-order chi connectivity index (χ1) is 10.5. The SMILES string of the molecule is Cc1ccc(/C=C2\SC(=S)N(CCCCC(=O)O)C2=O)cc1. The molecule has 1 heterocycles. The number of aliphatic carboxylic acids is 1. The van der Waals surface area contributed by atoms with E-state index < -0.39 is 5.97 Å². The van der Waals surface area contributed by atoms with E-state index in [1.54, 1.807) is 4.90 Å². The minimum Gasteiger partial charge on any atom is -0.481 e. The summed E-state index contributed by atoms with van der Waals surface area (Å²) in [6.45, 7) is 2.49. The Morgan fingerprint density at radius 1 is 1.32 bits per heavy atom. The zero-order chi connectivity index (χ0) is 16.1. The van der Waals surface area contributed by atoms with Gasteiger partial charge in [-0.2, -0.15) is 0 Å². The molecule has 116 valence electrons. The number of rotatable bonds is 6. The number of amides is 1. The van der Waals surface area contributed by atoms with E-state index in [4.69, 9.17) is 17.3 Å². The number of carboxylic acid groups (broad SMARTS) is 1. The van der Waals surface area contributed by atoms with Gasteiger partial charge in [0, 0.05) is 13.0 Å². The fourth-order valence-electron chi connectivity index (χ4n) is 2.05. The maximum absolute atomic E-state index is 12.3. The highest BCUT2D eigenvalue weighted by molar-refractivity contribution is 8.26. The topological polar surface area (TPSA) is 57.6 Å². The molecule has 2 rings (SSSR count). The lowest BCUT2D eigenvalue weighted by atomic mass is 10.1. The second kappa shape index (κ2) is 7.56. The molecule has 1 amide bonds. The summed E-state index contributed by atoms with van der Waals surface area (Å²) in [4.78, 5) is 25.0. The maximum Gasteiger partial charge on any atom is 0.303 e. The van der Waals surface area contributed by atoms with Gasteiger partial charge in [-0.05, 0) is 31.4 Å². The highest BCUT2D eigenvalue weighted by atomic mass is 32.2. The van der Waals surface area contributed by atoms with E-state index in [9.17, 15) is 9.59 Å². The second-order valence-corrected chi connectivity index (χ2v) is 6.77. The van der Waals surface area contributed by atoms with Crippen molar-refractivity contribution in [3.8, 4) is 0 Å². The fraction of sp³-hybridized carbons (Fsp3) is 0.312. The fourth-order valence-corrected chi connectivity index (χ4v) is 3.36. The van der Waals surface area contributed by atoms with Crippen LogP contribution in [0.3, 0.4) is 0 Å². The van der Waals surface area contributed by atoms with E-state index in [2.05, 4.69) is 0 Å². The van der Waals surface area contributed by atoms with Crippen molar-refractivity contribution in [3.63, 3.8) is 0 Å². The van der Waals surface area contributed by atoms with Crippen molar-refractivity contribution in [1.29, 1.82) is 0 Å². The third-order valence-electron chi connectivity index (χ3n) is 3.27. The summed E-state index contributed by atoms with van der Waals surface area (Å²) in [6, 6.07) is 7.93. The van der Waals surface area contributed by atoms with E-state index in [-0.39, 0.29) is 12.3 Å². The number of nitrogens with zero attached hydrogens (tertiary/aromatic N) is 1. The van der Waals surface area contributed by atoms with E-state index in [0.29, 0.717) is 28.6 Å². The van der Waals surface area contributed by atoms with Gasteiger partial charge in [0.25, 0.3) is 5.91 Å². The summed E-state index contributed by atoms with van der Waals surface area (Å²) in [7, 11) is 0. The minimum absolute atomic E-state index is 0.0918. The molecule has 1 aromatic rings. The largest absolute Gasteiger partial charge is 0.481 e. The van der Waals surface area contributed by atoms with Crippen LogP contribution >= 0.6 is 24.0 Å². The zero-order valence-corrected chi connectivity index (χ0v) is 13.9. The van der Waals surface area contributed by atoms with Crippen molar-refractivity contribution < 1.29 is 14.7 Å². The van der Waals surface area contributed by atoms with Gasteiger partial charge in [0.05, 0.1) is 4.91 Å². The van der Waals surface area contributed by atoms with Crippen LogP contribution in [-0.2, 0) is 9.59 Å². The van der Waals surface area contributed by atoms with Gasteiger partial charge in [0.15, 0.2) is 0 Å². The zero-order valence-electron chi connectivity index (χ0n) is 12.2. The molecule has 0 unspecified atom stereocenters. The van der Waals surface area contributed by atoms with Gasteiger partial charge < -0.3 is 5.11 Å². The molecule has 0 bridgehead atoms. The first kappa shape index (κ1) is 16.7. The number of thiocarbonyl (C=S) groups is 1. The summed E-state index contributed by atoms with van der Waals surface area (Å²) in [5.74, 6) is -0.907. The quantitative estimate of drug-likeness (QED) is 0.490. The summed E-state index contributed by atoms with van der Waals surface area (Å²) >= 11 is 6.54. The van der Waals surface area contributed by atoms with Crippen LogP contribution in [0, 0.1) is 6.92 Å². The number of carbonyl (C=O) groups excluding carboxylic acids is 1. The molecule has 1 fully saturated rings. The molecular formula is C16H17NO3S2. The van der Waals surface area contributed by atoms with Crippen molar-refractivity contribution in [2.45, 2.75) is 26.2 Å². The number of hydrogen-bond acceptors (Lipinski definition) is 4. The summed E-state index contributed by atoms with van der Waals surface area (Å²) in [6.07, 6.45) is 3.14. The highest BCUT2D eigenvalue weighted by Gasteiger charge is 2.31. The first-order valence-corrected chi connectivity index (χ1v) is 8.23. The van der Waals surface area contributed by atoms with Crippen molar-refractivity contribution >= 4 is 46.3 Å². The summed E-state index contributed by atoms with van der Waals surface area (Å²) in [5.41, 5.74) is 2.14. The van der Waals surface area contributed by atoms with E-state index in [1.165, 1.54) is 17.3 Å². The molecule has 0 radical (unpaired) electrons. The first-order valence-electron chi connectivity index (χ1n) is 7.01. The van der Waals surface area contributed by atoms with E-state index in [0.717, 1.165) is 5.56 Å². The Labute approximate surface area is 139 Å². The van der Waals surface area contributed by atoms with Crippen LogP contribution in [0.1, 0.15) is 30.4 Å². The lowest BCUT2D eigenvalue weighted by molar-refractivity contribution is -0.137. The van der Waals surface area contributed by atoms with Crippen LogP contribution in [-0.4, -0.2) is 32.7 Å². The number of aryl methyl sites for hydroxylation is 1. The number of carbonyl (C=O) groups is 2. The molecule has 1 aliphatic heterocycles. The molecule has 0 spiro atoms. The number of thioether (sulfide) groups is 1. The van der Waals surface area contributed by atoms with Gasteiger partial charge in [-0.15, -0.1) is 0 Å². The van der Waals surface area contributed by atoms with Crippen molar-refractivity contribution in [2.24, 2.45) is 0 Å².